The number of aliphatic hydroxyl groups excluding tert-OH is 1. The molecule has 1 aromatic carbocycles. The zero-order valence-electron chi connectivity index (χ0n) is 8.55. The van der Waals surface area contributed by atoms with Crippen LogP contribution in [0.3, 0.4) is 0 Å². The third-order valence-corrected chi connectivity index (χ3v) is 2.92. The number of halogens is 1. The van der Waals surface area contributed by atoms with Crippen molar-refractivity contribution in [2.24, 2.45) is 5.73 Å². The van der Waals surface area contributed by atoms with Gasteiger partial charge in [0.1, 0.15) is 0 Å². The van der Waals surface area contributed by atoms with E-state index in [0.717, 1.165) is 21.7 Å². The smallest absolute Gasteiger partial charge is 0.0464 e. The first-order chi connectivity index (χ1) is 6.56. The van der Waals surface area contributed by atoms with Crippen molar-refractivity contribution >= 4 is 11.6 Å². The fourth-order valence-corrected chi connectivity index (χ4v) is 1.61. The van der Waals surface area contributed by atoms with Crippen LogP contribution in [0.4, 0.5) is 0 Å². The Morgan fingerprint density at radius 1 is 1.36 bits per heavy atom. The van der Waals surface area contributed by atoms with E-state index in [0.29, 0.717) is 6.42 Å². The second kappa shape index (κ2) is 4.78. The summed E-state index contributed by atoms with van der Waals surface area (Å²) < 4.78 is 0. The van der Waals surface area contributed by atoms with Gasteiger partial charge in [-0.15, -0.1) is 0 Å². The molecule has 1 rings (SSSR count). The molecule has 78 valence electrons. The minimum atomic E-state index is -0.102. The number of hydrogen-bond acceptors (Lipinski definition) is 2. The van der Waals surface area contributed by atoms with Gasteiger partial charge in [-0.25, -0.2) is 0 Å². The summed E-state index contributed by atoms with van der Waals surface area (Å²) in [7, 11) is 0. The Bertz CT molecular complexity index is 302. The van der Waals surface area contributed by atoms with E-state index in [2.05, 4.69) is 0 Å². The van der Waals surface area contributed by atoms with E-state index in [1.165, 1.54) is 0 Å². The number of aryl methyl sites for hydroxylation is 2. The number of nitrogens with two attached hydrogens (primary N) is 1. The molecule has 0 aromatic heterocycles. The standard InChI is InChI=1S/C11H16ClNO/c1-7-5-9(10(13)3-4-14)6-8(2)11(7)12/h5-6,10,14H,3-4,13H2,1-2H3. The Morgan fingerprint density at radius 2 is 1.86 bits per heavy atom. The summed E-state index contributed by atoms with van der Waals surface area (Å²) >= 11 is 6.04. The molecular weight excluding hydrogens is 198 g/mol. The SMILES string of the molecule is Cc1cc(C(N)CCO)cc(C)c1Cl. The van der Waals surface area contributed by atoms with E-state index in [9.17, 15) is 0 Å². The zero-order valence-corrected chi connectivity index (χ0v) is 9.30. The lowest BCUT2D eigenvalue weighted by atomic mass is 10.00. The molecule has 0 bridgehead atoms. The first-order valence-electron chi connectivity index (χ1n) is 4.69. The molecule has 0 saturated carbocycles. The average molecular weight is 214 g/mol. The summed E-state index contributed by atoms with van der Waals surface area (Å²) in [6, 6.07) is 3.86. The van der Waals surface area contributed by atoms with E-state index >= 15 is 0 Å². The molecule has 0 fully saturated rings. The highest BCUT2D eigenvalue weighted by molar-refractivity contribution is 6.32. The molecule has 0 amide bonds. The zero-order chi connectivity index (χ0) is 10.7. The highest BCUT2D eigenvalue weighted by Crippen LogP contribution is 2.25. The van der Waals surface area contributed by atoms with Crippen LogP contribution in [0.2, 0.25) is 5.02 Å². The summed E-state index contributed by atoms with van der Waals surface area (Å²) in [5.41, 5.74) is 9.00. The molecule has 0 aliphatic carbocycles. The predicted molar refractivity (Wildman–Crippen MR) is 59.6 cm³/mol. The minimum absolute atomic E-state index is 0.102. The lowest BCUT2D eigenvalue weighted by Crippen LogP contribution is -2.12. The first kappa shape index (κ1) is 11.5. The Balaban J connectivity index is 3.00. The molecule has 0 spiro atoms. The van der Waals surface area contributed by atoms with Crippen LogP contribution < -0.4 is 5.73 Å². The summed E-state index contributed by atoms with van der Waals surface area (Å²) in [4.78, 5) is 0. The highest BCUT2D eigenvalue weighted by atomic mass is 35.5. The lowest BCUT2D eigenvalue weighted by molar-refractivity contribution is 0.276. The fraction of sp³-hybridized carbons (Fsp3) is 0.455. The lowest BCUT2D eigenvalue weighted by Gasteiger charge is -2.13. The molecule has 3 N–H and O–H groups in total. The van der Waals surface area contributed by atoms with Crippen LogP contribution in [-0.2, 0) is 0 Å². The fourth-order valence-electron chi connectivity index (χ4n) is 1.50. The van der Waals surface area contributed by atoms with Gasteiger partial charge >= 0.3 is 0 Å². The van der Waals surface area contributed by atoms with Crippen LogP contribution >= 0.6 is 11.6 Å². The third-order valence-electron chi connectivity index (χ3n) is 2.33. The first-order valence-corrected chi connectivity index (χ1v) is 5.07. The van der Waals surface area contributed by atoms with Gasteiger partial charge in [-0.05, 0) is 37.0 Å². The molecule has 0 heterocycles. The van der Waals surface area contributed by atoms with Gasteiger partial charge in [0.25, 0.3) is 0 Å². The normalized spacial score (nSPS) is 12.9. The van der Waals surface area contributed by atoms with Gasteiger partial charge in [0.05, 0.1) is 0 Å². The minimum Gasteiger partial charge on any atom is -0.396 e. The molecule has 0 saturated heterocycles. The van der Waals surface area contributed by atoms with Crippen molar-refractivity contribution < 1.29 is 5.11 Å². The average Bonchev–Trinajstić information content (AvgIpc) is 2.13. The van der Waals surface area contributed by atoms with Crippen LogP contribution in [-0.4, -0.2) is 11.7 Å². The summed E-state index contributed by atoms with van der Waals surface area (Å²) in [5.74, 6) is 0. The van der Waals surface area contributed by atoms with Crippen molar-refractivity contribution in [1.82, 2.24) is 0 Å². The van der Waals surface area contributed by atoms with Crippen molar-refractivity contribution in [3.8, 4) is 0 Å². The summed E-state index contributed by atoms with van der Waals surface area (Å²) in [6.07, 6.45) is 0.584. The van der Waals surface area contributed by atoms with Crippen LogP contribution in [0.25, 0.3) is 0 Å². The topological polar surface area (TPSA) is 46.2 Å². The number of aliphatic hydroxyl groups is 1. The maximum Gasteiger partial charge on any atom is 0.0464 e. The maximum atomic E-state index is 8.79. The Morgan fingerprint density at radius 3 is 2.29 bits per heavy atom. The molecule has 1 atom stereocenters. The second-order valence-corrected chi connectivity index (χ2v) is 3.97. The van der Waals surface area contributed by atoms with Crippen molar-refractivity contribution in [2.45, 2.75) is 26.3 Å². The number of benzene rings is 1. The predicted octanol–water partition coefficient (Wildman–Crippen LogP) is 2.34. The highest BCUT2D eigenvalue weighted by Gasteiger charge is 2.08. The van der Waals surface area contributed by atoms with E-state index in [4.69, 9.17) is 22.4 Å². The maximum absolute atomic E-state index is 8.79. The van der Waals surface area contributed by atoms with Crippen LogP contribution in [0, 0.1) is 13.8 Å². The van der Waals surface area contributed by atoms with Crippen molar-refractivity contribution in [3.63, 3.8) is 0 Å². The molecule has 14 heavy (non-hydrogen) atoms. The largest absolute Gasteiger partial charge is 0.396 e. The van der Waals surface area contributed by atoms with Crippen molar-refractivity contribution in [3.05, 3.63) is 33.8 Å². The Hall–Kier alpha value is -0.570. The third kappa shape index (κ3) is 2.47. The van der Waals surface area contributed by atoms with Gasteiger partial charge in [-0.3, -0.25) is 0 Å². The number of hydrogen-bond donors (Lipinski definition) is 2. The van der Waals surface area contributed by atoms with Gasteiger partial charge in [0.2, 0.25) is 0 Å². The molecular formula is C11H16ClNO. The van der Waals surface area contributed by atoms with Gasteiger partial charge in [-0.1, -0.05) is 23.7 Å². The molecule has 3 heteroatoms. The van der Waals surface area contributed by atoms with Crippen LogP contribution in [0.1, 0.15) is 29.2 Å². The quantitative estimate of drug-likeness (QED) is 0.810. The van der Waals surface area contributed by atoms with Crippen LogP contribution in [0.15, 0.2) is 12.1 Å². The van der Waals surface area contributed by atoms with Gasteiger partial charge < -0.3 is 10.8 Å². The Kier molecular flexibility index (Phi) is 3.93. The van der Waals surface area contributed by atoms with E-state index in [1.54, 1.807) is 0 Å². The Labute approximate surface area is 89.7 Å². The second-order valence-electron chi connectivity index (χ2n) is 3.59. The molecule has 1 unspecified atom stereocenters. The molecule has 1 aromatic rings. The van der Waals surface area contributed by atoms with Gasteiger partial charge in [-0.2, -0.15) is 0 Å². The van der Waals surface area contributed by atoms with Gasteiger partial charge in [0, 0.05) is 17.7 Å². The van der Waals surface area contributed by atoms with Crippen LogP contribution in [0.5, 0.6) is 0 Å². The van der Waals surface area contributed by atoms with Crippen molar-refractivity contribution in [1.29, 1.82) is 0 Å². The van der Waals surface area contributed by atoms with Crippen molar-refractivity contribution in [2.75, 3.05) is 6.61 Å². The summed E-state index contributed by atoms with van der Waals surface area (Å²) in [5, 5.41) is 9.58. The molecule has 0 aliphatic rings. The monoisotopic (exact) mass is 213 g/mol. The van der Waals surface area contributed by atoms with E-state index in [1.807, 2.05) is 26.0 Å². The molecule has 2 nitrogen and oxygen atoms in total. The molecule has 0 radical (unpaired) electrons. The van der Waals surface area contributed by atoms with Gasteiger partial charge in [0.15, 0.2) is 0 Å². The molecule has 0 aliphatic heterocycles. The van der Waals surface area contributed by atoms with E-state index in [-0.39, 0.29) is 12.6 Å². The number of rotatable bonds is 3. The summed E-state index contributed by atoms with van der Waals surface area (Å²) in [6.45, 7) is 4.04. The van der Waals surface area contributed by atoms with E-state index < -0.39 is 0 Å².